The topological polar surface area (TPSA) is 60.9 Å². The van der Waals surface area contributed by atoms with Gasteiger partial charge in [0.1, 0.15) is 0 Å². The largest absolute Gasteiger partial charge is 0.319 e. The summed E-state index contributed by atoms with van der Waals surface area (Å²) < 4.78 is 1.94. The minimum atomic E-state index is -0.627. The van der Waals surface area contributed by atoms with E-state index in [0.717, 1.165) is 31.4 Å². The van der Waals surface area contributed by atoms with Crippen molar-refractivity contribution < 1.29 is 4.79 Å². The highest BCUT2D eigenvalue weighted by Gasteiger charge is 2.37. The van der Waals surface area contributed by atoms with Crippen molar-refractivity contribution in [2.75, 3.05) is 0 Å². The van der Waals surface area contributed by atoms with Gasteiger partial charge in [0.2, 0.25) is 0 Å². The van der Waals surface area contributed by atoms with E-state index in [9.17, 15) is 4.79 Å². The summed E-state index contributed by atoms with van der Waals surface area (Å²) in [4.78, 5) is 12.5. The molecule has 0 spiro atoms. The van der Waals surface area contributed by atoms with Crippen LogP contribution < -0.4 is 5.73 Å². The smallest absolute Gasteiger partial charge is 0.158 e. The highest BCUT2D eigenvalue weighted by molar-refractivity contribution is 5.89. The average molecular weight is 277 g/mol. The number of carbonyl (C=O) groups excluding carboxylic acids is 1. The Morgan fingerprint density at radius 1 is 1.65 bits per heavy atom. The van der Waals surface area contributed by atoms with Crippen LogP contribution in [-0.4, -0.2) is 21.1 Å². The molecule has 1 fully saturated rings. The summed E-state index contributed by atoms with van der Waals surface area (Å²) in [5.74, 6) is 0.703. The Bertz CT molecular complexity index is 468. The maximum absolute atomic E-state index is 12.5. The molecule has 1 aliphatic rings. The Labute approximate surface area is 121 Å². The summed E-state index contributed by atoms with van der Waals surface area (Å²) in [5, 5.41) is 4.51. The molecule has 112 valence electrons. The summed E-state index contributed by atoms with van der Waals surface area (Å²) in [5.41, 5.74) is 6.57. The Hall–Kier alpha value is -1.16. The Balaban J connectivity index is 2.02. The summed E-state index contributed by atoms with van der Waals surface area (Å²) in [6, 6.07) is 2.32. The van der Waals surface area contributed by atoms with E-state index in [0.29, 0.717) is 18.4 Å². The lowest BCUT2D eigenvalue weighted by Gasteiger charge is -2.35. The van der Waals surface area contributed by atoms with Crippen molar-refractivity contribution in [3.05, 3.63) is 18.0 Å². The second kappa shape index (κ2) is 6.08. The molecule has 0 aromatic carbocycles. The molecule has 0 radical (unpaired) electrons. The summed E-state index contributed by atoms with van der Waals surface area (Å²) in [6.45, 7) is 6.45. The fourth-order valence-electron chi connectivity index (χ4n) is 3.09. The van der Waals surface area contributed by atoms with E-state index in [-0.39, 0.29) is 5.78 Å². The van der Waals surface area contributed by atoms with Gasteiger partial charge in [-0.05, 0) is 38.2 Å². The molecule has 2 N–H and O–H groups in total. The van der Waals surface area contributed by atoms with Gasteiger partial charge in [0.15, 0.2) is 5.78 Å². The lowest BCUT2D eigenvalue weighted by Crippen LogP contribution is -2.51. The standard InChI is InChI=1S/C16H27N3O/c1-4-13(3)19-9-7-14(18-19)10-15(20)16(17)8-5-6-12(2)11-16/h7,9,12-13H,4-6,8,10-11,17H2,1-3H3. The number of aromatic nitrogens is 2. The second-order valence-corrected chi connectivity index (χ2v) is 6.50. The summed E-state index contributed by atoms with van der Waals surface area (Å²) >= 11 is 0. The van der Waals surface area contributed by atoms with Crippen LogP contribution in [-0.2, 0) is 11.2 Å². The molecule has 1 saturated carbocycles. The first-order valence-corrected chi connectivity index (χ1v) is 7.81. The minimum Gasteiger partial charge on any atom is -0.319 e. The highest BCUT2D eigenvalue weighted by atomic mass is 16.1. The zero-order chi connectivity index (χ0) is 14.8. The summed E-state index contributed by atoms with van der Waals surface area (Å²) in [7, 11) is 0. The van der Waals surface area contributed by atoms with Crippen LogP contribution in [0, 0.1) is 5.92 Å². The minimum absolute atomic E-state index is 0.151. The van der Waals surface area contributed by atoms with Gasteiger partial charge < -0.3 is 5.73 Å². The van der Waals surface area contributed by atoms with Gasteiger partial charge in [-0.25, -0.2) is 0 Å². The Morgan fingerprint density at radius 3 is 3.05 bits per heavy atom. The molecule has 0 saturated heterocycles. The van der Waals surface area contributed by atoms with Gasteiger partial charge in [-0.1, -0.05) is 26.7 Å². The quantitative estimate of drug-likeness (QED) is 0.900. The third-order valence-corrected chi connectivity index (χ3v) is 4.64. The number of ketones is 1. The summed E-state index contributed by atoms with van der Waals surface area (Å²) in [6.07, 6.45) is 7.25. The van der Waals surface area contributed by atoms with Crippen LogP contribution in [0.25, 0.3) is 0 Å². The predicted octanol–water partition coefficient (Wildman–Crippen LogP) is 2.87. The number of hydrogen-bond acceptors (Lipinski definition) is 3. The number of Topliss-reactive ketones (excluding diaryl/α,β-unsaturated/α-hetero) is 1. The lowest BCUT2D eigenvalue weighted by molar-refractivity contribution is -0.125. The van der Waals surface area contributed by atoms with E-state index < -0.39 is 5.54 Å². The van der Waals surface area contributed by atoms with Gasteiger partial charge in [0, 0.05) is 12.2 Å². The van der Waals surface area contributed by atoms with Crippen LogP contribution in [0.2, 0.25) is 0 Å². The molecule has 1 aliphatic carbocycles. The number of hydrogen-bond donors (Lipinski definition) is 1. The van der Waals surface area contributed by atoms with E-state index in [2.05, 4.69) is 25.9 Å². The molecule has 1 aromatic rings. The van der Waals surface area contributed by atoms with Gasteiger partial charge in [-0.3, -0.25) is 9.48 Å². The molecule has 0 bridgehead atoms. The number of nitrogens with two attached hydrogens (primary N) is 1. The highest BCUT2D eigenvalue weighted by Crippen LogP contribution is 2.31. The van der Waals surface area contributed by atoms with Crippen molar-refractivity contribution >= 4 is 5.78 Å². The molecular formula is C16H27N3O. The van der Waals surface area contributed by atoms with Gasteiger partial charge >= 0.3 is 0 Å². The molecule has 4 heteroatoms. The molecule has 20 heavy (non-hydrogen) atoms. The average Bonchev–Trinajstić information content (AvgIpc) is 2.86. The molecule has 1 aromatic heterocycles. The van der Waals surface area contributed by atoms with Crippen molar-refractivity contribution in [2.24, 2.45) is 11.7 Å². The molecule has 4 nitrogen and oxygen atoms in total. The molecule has 1 heterocycles. The first-order chi connectivity index (χ1) is 9.44. The third-order valence-electron chi connectivity index (χ3n) is 4.64. The maximum Gasteiger partial charge on any atom is 0.158 e. The monoisotopic (exact) mass is 277 g/mol. The Kier molecular flexibility index (Phi) is 4.63. The van der Waals surface area contributed by atoms with E-state index in [1.165, 1.54) is 6.42 Å². The van der Waals surface area contributed by atoms with Crippen LogP contribution in [0.4, 0.5) is 0 Å². The molecule has 3 unspecified atom stereocenters. The fourth-order valence-corrected chi connectivity index (χ4v) is 3.09. The normalized spacial score (nSPS) is 28.3. The van der Waals surface area contributed by atoms with Crippen molar-refractivity contribution in [2.45, 2.75) is 70.9 Å². The molecule has 0 amide bonds. The van der Waals surface area contributed by atoms with Crippen LogP contribution in [0.1, 0.15) is 64.6 Å². The van der Waals surface area contributed by atoms with Crippen molar-refractivity contribution in [3.63, 3.8) is 0 Å². The number of carbonyl (C=O) groups is 1. The molecule has 3 atom stereocenters. The van der Waals surface area contributed by atoms with E-state index >= 15 is 0 Å². The van der Waals surface area contributed by atoms with Gasteiger partial charge in [0.25, 0.3) is 0 Å². The first kappa shape index (κ1) is 15.2. The molecule has 0 aliphatic heterocycles. The lowest BCUT2D eigenvalue weighted by atomic mass is 9.74. The van der Waals surface area contributed by atoms with E-state index in [1.807, 2.05) is 16.9 Å². The Morgan fingerprint density at radius 2 is 2.40 bits per heavy atom. The predicted molar refractivity (Wildman–Crippen MR) is 80.5 cm³/mol. The van der Waals surface area contributed by atoms with E-state index in [4.69, 9.17) is 5.73 Å². The van der Waals surface area contributed by atoms with Crippen molar-refractivity contribution in [1.82, 2.24) is 9.78 Å². The van der Waals surface area contributed by atoms with Gasteiger partial charge in [-0.2, -0.15) is 5.10 Å². The van der Waals surface area contributed by atoms with Gasteiger partial charge in [0.05, 0.1) is 17.7 Å². The number of nitrogens with zero attached hydrogens (tertiary/aromatic N) is 2. The van der Waals surface area contributed by atoms with Crippen LogP contribution in [0.3, 0.4) is 0 Å². The van der Waals surface area contributed by atoms with Crippen LogP contribution in [0.5, 0.6) is 0 Å². The SMILES string of the molecule is CCC(C)n1ccc(CC(=O)C2(N)CCCC(C)C2)n1. The fraction of sp³-hybridized carbons (Fsp3) is 0.750. The van der Waals surface area contributed by atoms with E-state index in [1.54, 1.807) is 0 Å². The van der Waals surface area contributed by atoms with Crippen LogP contribution >= 0.6 is 0 Å². The van der Waals surface area contributed by atoms with Crippen LogP contribution in [0.15, 0.2) is 12.3 Å². The zero-order valence-electron chi connectivity index (χ0n) is 12.9. The van der Waals surface area contributed by atoms with Gasteiger partial charge in [-0.15, -0.1) is 0 Å². The zero-order valence-corrected chi connectivity index (χ0v) is 12.9. The first-order valence-electron chi connectivity index (χ1n) is 7.81. The number of rotatable bonds is 5. The van der Waals surface area contributed by atoms with Crippen molar-refractivity contribution in [3.8, 4) is 0 Å². The molecular weight excluding hydrogens is 250 g/mol. The molecule has 2 rings (SSSR count). The third kappa shape index (κ3) is 3.29. The maximum atomic E-state index is 12.5. The second-order valence-electron chi connectivity index (χ2n) is 6.50. The van der Waals surface area contributed by atoms with Crippen molar-refractivity contribution in [1.29, 1.82) is 0 Å².